The van der Waals surface area contributed by atoms with Gasteiger partial charge in [-0.25, -0.2) is 0 Å². The fourth-order valence-electron chi connectivity index (χ4n) is 2.94. The van der Waals surface area contributed by atoms with Crippen molar-refractivity contribution in [3.63, 3.8) is 0 Å². The predicted octanol–water partition coefficient (Wildman–Crippen LogP) is 3.88. The second-order valence-electron chi connectivity index (χ2n) is 5.60. The lowest BCUT2D eigenvalue weighted by Gasteiger charge is -2.26. The van der Waals surface area contributed by atoms with Crippen LogP contribution in [0, 0.1) is 0 Å². The van der Waals surface area contributed by atoms with Gasteiger partial charge in [-0.15, -0.1) is 12.4 Å². The molecule has 118 valence electrons. The van der Waals surface area contributed by atoms with E-state index in [0.717, 1.165) is 31.4 Å². The van der Waals surface area contributed by atoms with E-state index in [2.05, 4.69) is 28.2 Å². The highest BCUT2D eigenvalue weighted by molar-refractivity contribution is 7.07. The first-order valence-electron chi connectivity index (χ1n) is 7.41. The molecule has 1 atom stereocenters. The maximum Gasteiger partial charge on any atom is 0.220 e. The van der Waals surface area contributed by atoms with Crippen LogP contribution in [0.15, 0.2) is 35.0 Å². The minimum atomic E-state index is 0. The number of carbonyl (C=O) groups is 1. The molecule has 0 aliphatic heterocycles. The molecule has 1 aliphatic carbocycles. The smallest absolute Gasteiger partial charge is 0.220 e. The number of hydrogen-bond acceptors (Lipinski definition) is 3. The van der Waals surface area contributed by atoms with Gasteiger partial charge < -0.3 is 11.1 Å². The van der Waals surface area contributed by atoms with E-state index >= 15 is 0 Å². The van der Waals surface area contributed by atoms with E-state index in [1.54, 1.807) is 11.3 Å². The van der Waals surface area contributed by atoms with Crippen LogP contribution < -0.4 is 11.1 Å². The van der Waals surface area contributed by atoms with E-state index in [-0.39, 0.29) is 24.4 Å². The average molecular weight is 337 g/mol. The molecule has 0 saturated heterocycles. The van der Waals surface area contributed by atoms with Gasteiger partial charge in [0, 0.05) is 12.1 Å². The molecule has 0 saturated carbocycles. The van der Waals surface area contributed by atoms with Crippen molar-refractivity contribution in [2.24, 2.45) is 0 Å². The van der Waals surface area contributed by atoms with Crippen molar-refractivity contribution in [1.82, 2.24) is 5.32 Å². The molecule has 1 heterocycles. The van der Waals surface area contributed by atoms with Crippen molar-refractivity contribution < 1.29 is 4.79 Å². The topological polar surface area (TPSA) is 55.1 Å². The third-order valence-electron chi connectivity index (χ3n) is 4.04. The summed E-state index contributed by atoms with van der Waals surface area (Å²) in [5.74, 6) is 0.135. The predicted molar refractivity (Wildman–Crippen MR) is 94.6 cm³/mol. The molecule has 3 N–H and O–H groups in total. The Morgan fingerprint density at radius 1 is 1.36 bits per heavy atom. The van der Waals surface area contributed by atoms with Crippen LogP contribution in [0.3, 0.4) is 0 Å². The van der Waals surface area contributed by atoms with E-state index in [9.17, 15) is 4.79 Å². The number of hydrogen-bond donors (Lipinski definition) is 2. The highest BCUT2D eigenvalue weighted by Gasteiger charge is 2.21. The van der Waals surface area contributed by atoms with Gasteiger partial charge in [0.15, 0.2) is 0 Å². The second-order valence-corrected chi connectivity index (χ2v) is 6.38. The Hall–Kier alpha value is -1.52. The van der Waals surface area contributed by atoms with E-state index in [4.69, 9.17) is 5.73 Å². The molecular weight excluding hydrogens is 316 g/mol. The molecule has 1 aliphatic rings. The van der Waals surface area contributed by atoms with Crippen molar-refractivity contribution in [1.29, 1.82) is 0 Å². The van der Waals surface area contributed by atoms with Crippen molar-refractivity contribution in [3.05, 3.63) is 51.7 Å². The number of nitrogens with one attached hydrogen (secondary N) is 1. The molecule has 0 fully saturated rings. The number of nitrogen functional groups attached to an aromatic ring is 1. The normalized spacial score (nSPS) is 16.5. The number of benzene rings is 1. The van der Waals surface area contributed by atoms with E-state index in [1.165, 1.54) is 16.7 Å². The second kappa shape index (κ2) is 7.65. The first-order valence-corrected chi connectivity index (χ1v) is 8.35. The van der Waals surface area contributed by atoms with Crippen LogP contribution in [0.1, 0.15) is 42.0 Å². The summed E-state index contributed by atoms with van der Waals surface area (Å²) in [5.41, 5.74) is 10.4. The van der Waals surface area contributed by atoms with Gasteiger partial charge in [0.05, 0.1) is 6.04 Å². The number of anilines is 1. The van der Waals surface area contributed by atoms with Crippen LogP contribution in [-0.2, 0) is 17.6 Å². The first-order chi connectivity index (χ1) is 10.2. The maximum atomic E-state index is 12.2. The Morgan fingerprint density at radius 3 is 3.00 bits per heavy atom. The molecule has 2 aromatic rings. The summed E-state index contributed by atoms with van der Waals surface area (Å²) >= 11 is 1.68. The Balaban J connectivity index is 0.00000176. The zero-order valence-corrected chi connectivity index (χ0v) is 14.0. The molecule has 1 aromatic carbocycles. The number of carbonyl (C=O) groups excluding carboxylic acids is 1. The van der Waals surface area contributed by atoms with Gasteiger partial charge in [-0.05, 0) is 71.3 Å². The monoisotopic (exact) mass is 336 g/mol. The third kappa shape index (κ3) is 4.02. The number of thiophene rings is 1. The molecule has 5 heteroatoms. The summed E-state index contributed by atoms with van der Waals surface area (Å²) in [7, 11) is 0. The lowest BCUT2D eigenvalue weighted by molar-refractivity contribution is -0.121. The Kier molecular flexibility index (Phi) is 5.86. The van der Waals surface area contributed by atoms with E-state index < -0.39 is 0 Å². The van der Waals surface area contributed by atoms with Crippen LogP contribution in [0.2, 0.25) is 0 Å². The summed E-state index contributed by atoms with van der Waals surface area (Å²) < 4.78 is 0. The van der Waals surface area contributed by atoms with E-state index in [0.29, 0.717) is 6.42 Å². The minimum absolute atomic E-state index is 0. The maximum absolute atomic E-state index is 12.2. The van der Waals surface area contributed by atoms with Crippen LogP contribution >= 0.6 is 23.7 Å². The number of nitrogens with two attached hydrogens (primary N) is 1. The van der Waals surface area contributed by atoms with Gasteiger partial charge in [0.2, 0.25) is 5.91 Å². The Labute approximate surface area is 141 Å². The largest absolute Gasteiger partial charge is 0.399 e. The van der Waals surface area contributed by atoms with Crippen molar-refractivity contribution in [2.75, 3.05) is 5.73 Å². The molecule has 1 aromatic heterocycles. The van der Waals surface area contributed by atoms with Crippen molar-refractivity contribution in [3.8, 4) is 0 Å². The standard InChI is InChI=1S/C17H20N2OS.ClH/c18-14-5-6-15-13(10-14)2-1-3-16(15)19-17(20)7-4-12-8-9-21-11-12;/h5-6,8-11,16H,1-4,7,18H2,(H,19,20);1H. The molecule has 1 unspecified atom stereocenters. The lowest BCUT2D eigenvalue weighted by atomic mass is 9.87. The average Bonchev–Trinajstić information content (AvgIpc) is 2.98. The summed E-state index contributed by atoms with van der Waals surface area (Å²) in [4.78, 5) is 12.2. The summed E-state index contributed by atoms with van der Waals surface area (Å²) in [6.07, 6.45) is 4.54. The number of aryl methyl sites for hydroxylation is 2. The van der Waals surface area contributed by atoms with Gasteiger partial charge in [0.1, 0.15) is 0 Å². The molecule has 0 radical (unpaired) electrons. The zero-order valence-electron chi connectivity index (χ0n) is 12.4. The molecular formula is C17H21ClN2OS. The fourth-order valence-corrected chi connectivity index (χ4v) is 3.65. The van der Waals surface area contributed by atoms with Crippen LogP contribution in [-0.4, -0.2) is 5.91 Å². The summed E-state index contributed by atoms with van der Waals surface area (Å²) in [5, 5.41) is 7.33. The highest BCUT2D eigenvalue weighted by Crippen LogP contribution is 2.31. The van der Waals surface area contributed by atoms with Crippen LogP contribution in [0.4, 0.5) is 5.69 Å². The molecule has 22 heavy (non-hydrogen) atoms. The van der Waals surface area contributed by atoms with Crippen molar-refractivity contribution in [2.45, 2.75) is 38.1 Å². The fraction of sp³-hybridized carbons (Fsp3) is 0.353. The number of fused-ring (bicyclic) bond motifs is 1. The van der Waals surface area contributed by atoms with Gasteiger partial charge >= 0.3 is 0 Å². The lowest BCUT2D eigenvalue weighted by Crippen LogP contribution is -2.31. The SMILES string of the molecule is Cl.Nc1ccc2c(c1)CCCC2NC(=O)CCc1ccsc1. The van der Waals surface area contributed by atoms with Gasteiger partial charge in [-0.3, -0.25) is 4.79 Å². The third-order valence-corrected chi connectivity index (χ3v) is 4.77. The van der Waals surface area contributed by atoms with E-state index in [1.807, 2.05) is 12.1 Å². The van der Waals surface area contributed by atoms with Gasteiger partial charge in [0.25, 0.3) is 0 Å². The highest BCUT2D eigenvalue weighted by atomic mass is 35.5. The Morgan fingerprint density at radius 2 is 2.23 bits per heavy atom. The molecule has 1 amide bonds. The number of rotatable bonds is 4. The minimum Gasteiger partial charge on any atom is -0.399 e. The first kappa shape index (κ1) is 16.8. The van der Waals surface area contributed by atoms with Gasteiger partial charge in [-0.2, -0.15) is 11.3 Å². The number of halogens is 1. The van der Waals surface area contributed by atoms with Crippen LogP contribution in [0.5, 0.6) is 0 Å². The molecule has 3 rings (SSSR count). The zero-order chi connectivity index (χ0) is 14.7. The van der Waals surface area contributed by atoms with Crippen LogP contribution in [0.25, 0.3) is 0 Å². The summed E-state index contributed by atoms with van der Waals surface area (Å²) in [6, 6.07) is 8.25. The number of amides is 1. The summed E-state index contributed by atoms with van der Waals surface area (Å²) in [6.45, 7) is 0. The Bertz CT molecular complexity index is 628. The quantitative estimate of drug-likeness (QED) is 0.832. The molecule has 3 nitrogen and oxygen atoms in total. The van der Waals surface area contributed by atoms with Crippen molar-refractivity contribution >= 4 is 35.3 Å². The molecule has 0 spiro atoms. The molecule has 0 bridgehead atoms. The van der Waals surface area contributed by atoms with Gasteiger partial charge in [-0.1, -0.05) is 6.07 Å².